The fourth-order valence-corrected chi connectivity index (χ4v) is 3.06. The van der Waals surface area contributed by atoms with Gasteiger partial charge >= 0.3 is 71.8 Å². The molecule has 0 bridgehead atoms. The zero-order chi connectivity index (χ0) is 7.61. The van der Waals surface area contributed by atoms with Crippen LogP contribution in [-0.4, -0.2) is 11.0 Å². The molecule has 0 spiro atoms. The molecule has 0 aromatic heterocycles. The van der Waals surface area contributed by atoms with Gasteiger partial charge in [-0.05, 0) is 0 Å². The van der Waals surface area contributed by atoms with Gasteiger partial charge in [0.1, 0.15) is 0 Å². The predicted octanol–water partition coefficient (Wildman–Crippen LogP) is 2.44. The number of benzene rings is 1. The molecule has 3 heteroatoms. The maximum absolute atomic E-state index is 5.98. The van der Waals surface area contributed by atoms with Gasteiger partial charge in [0.05, 0.1) is 0 Å². The van der Waals surface area contributed by atoms with E-state index >= 15 is 0 Å². The van der Waals surface area contributed by atoms with Gasteiger partial charge in [-0.1, -0.05) is 0 Å². The van der Waals surface area contributed by atoms with Crippen LogP contribution in [0.25, 0.3) is 0 Å². The molecule has 0 saturated heterocycles. The van der Waals surface area contributed by atoms with Gasteiger partial charge in [-0.25, -0.2) is 0 Å². The third-order valence-electron chi connectivity index (χ3n) is 1.16. The summed E-state index contributed by atoms with van der Waals surface area (Å²) in [5, 5.41) is 0. The van der Waals surface area contributed by atoms with E-state index in [4.69, 9.17) is 20.2 Å². The van der Waals surface area contributed by atoms with E-state index in [0.29, 0.717) is 0 Å². The standard InChI is InChI=1S/C7H8Cl2Se/c1-10(8,9)7-5-3-2-4-6-7/h2-6H,1H3. The molecule has 0 heterocycles. The topological polar surface area (TPSA) is 0 Å². The number of halogens is 2. The summed E-state index contributed by atoms with van der Waals surface area (Å²) in [5.74, 6) is 1.91. The monoisotopic (exact) mass is 242 g/mol. The Morgan fingerprint density at radius 2 is 1.60 bits per heavy atom. The Bertz CT molecular complexity index is 203. The normalized spacial score (nSPS) is 13.1. The molecule has 0 aliphatic heterocycles. The van der Waals surface area contributed by atoms with Crippen LogP contribution in [0, 0.1) is 0 Å². The molecule has 0 amide bonds. The molecule has 0 fully saturated rings. The third kappa shape index (κ3) is 2.17. The molecule has 1 aromatic rings. The van der Waals surface area contributed by atoms with Gasteiger partial charge in [0.2, 0.25) is 0 Å². The first-order valence-corrected chi connectivity index (χ1v) is 9.90. The van der Waals surface area contributed by atoms with Crippen molar-refractivity contribution in [2.45, 2.75) is 5.82 Å². The minimum absolute atomic E-state index is 1.09. The fraction of sp³-hybridized carbons (Fsp3) is 0.143. The van der Waals surface area contributed by atoms with E-state index in [-0.39, 0.29) is 0 Å². The van der Waals surface area contributed by atoms with Crippen LogP contribution in [0.3, 0.4) is 0 Å². The van der Waals surface area contributed by atoms with Crippen LogP contribution in [0.15, 0.2) is 30.3 Å². The first kappa shape index (κ1) is 8.42. The van der Waals surface area contributed by atoms with E-state index in [1.807, 2.05) is 36.2 Å². The van der Waals surface area contributed by atoms with Crippen LogP contribution < -0.4 is 4.46 Å². The maximum atomic E-state index is 5.98. The van der Waals surface area contributed by atoms with Crippen molar-refractivity contribution in [3.63, 3.8) is 0 Å². The summed E-state index contributed by atoms with van der Waals surface area (Å²) < 4.78 is 1.09. The van der Waals surface area contributed by atoms with Gasteiger partial charge in [-0.15, -0.1) is 0 Å². The molecule has 0 aliphatic carbocycles. The molecule has 0 aliphatic rings. The molecule has 0 N–H and O–H groups in total. The van der Waals surface area contributed by atoms with E-state index in [1.165, 1.54) is 0 Å². The molecule has 1 aromatic carbocycles. The second-order valence-corrected chi connectivity index (χ2v) is 13.3. The van der Waals surface area contributed by atoms with Gasteiger partial charge in [-0.2, -0.15) is 0 Å². The second kappa shape index (κ2) is 3.15. The fourth-order valence-electron chi connectivity index (χ4n) is 0.659. The average Bonchev–Trinajstić information content (AvgIpc) is 1.88. The van der Waals surface area contributed by atoms with Crippen LogP contribution in [0.4, 0.5) is 0 Å². The van der Waals surface area contributed by atoms with Crippen LogP contribution in [0.5, 0.6) is 0 Å². The molecule has 0 radical (unpaired) electrons. The molecule has 10 heavy (non-hydrogen) atoms. The van der Waals surface area contributed by atoms with Crippen molar-refractivity contribution in [2.75, 3.05) is 0 Å². The summed E-state index contributed by atoms with van der Waals surface area (Å²) in [6.07, 6.45) is 0. The summed E-state index contributed by atoms with van der Waals surface area (Å²) >= 11 is -2.25. The summed E-state index contributed by atoms with van der Waals surface area (Å²) in [6.45, 7) is 0. The number of hydrogen-bond acceptors (Lipinski definition) is 0. The van der Waals surface area contributed by atoms with Crippen molar-refractivity contribution in [3.05, 3.63) is 30.3 Å². The van der Waals surface area contributed by atoms with Crippen molar-refractivity contribution >= 4 is 35.7 Å². The molecule has 1 rings (SSSR count). The van der Waals surface area contributed by atoms with Gasteiger partial charge in [0.25, 0.3) is 0 Å². The van der Waals surface area contributed by atoms with Crippen molar-refractivity contribution in [1.29, 1.82) is 0 Å². The van der Waals surface area contributed by atoms with E-state index in [2.05, 4.69) is 0 Å². The molecule has 0 nitrogen and oxygen atoms in total. The summed E-state index contributed by atoms with van der Waals surface area (Å²) in [4.78, 5) is 0. The van der Waals surface area contributed by atoms with Crippen LogP contribution in [0.1, 0.15) is 0 Å². The number of hydrogen-bond donors (Lipinski definition) is 0. The average molecular weight is 242 g/mol. The van der Waals surface area contributed by atoms with Crippen molar-refractivity contribution in [1.82, 2.24) is 0 Å². The Kier molecular flexibility index (Phi) is 2.65. The number of rotatable bonds is 1. The Morgan fingerprint density at radius 1 is 1.10 bits per heavy atom. The molecular formula is C7H8Cl2Se. The van der Waals surface area contributed by atoms with E-state index in [1.54, 1.807) is 0 Å². The Morgan fingerprint density at radius 3 is 1.90 bits per heavy atom. The van der Waals surface area contributed by atoms with Crippen LogP contribution >= 0.6 is 20.2 Å². The molecule has 0 saturated carbocycles. The van der Waals surface area contributed by atoms with Gasteiger partial charge < -0.3 is 0 Å². The predicted molar refractivity (Wildman–Crippen MR) is 49.4 cm³/mol. The molecule has 0 atom stereocenters. The first-order valence-electron chi connectivity index (χ1n) is 2.83. The first-order chi connectivity index (χ1) is 4.61. The Labute approximate surface area is 71.8 Å². The van der Waals surface area contributed by atoms with E-state index in [0.717, 1.165) is 4.46 Å². The van der Waals surface area contributed by atoms with Crippen LogP contribution in [0.2, 0.25) is 5.82 Å². The zero-order valence-electron chi connectivity index (χ0n) is 5.55. The minimum atomic E-state index is -2.25. The van der Waals surface area contributed by atoms with E-state index < -0.39 is 11.0 Å². The zero-order valence-corrected chi connectivity index (χ0v) is 8.78. The summed E-state index contributed by atoms with van der Waals surface area (Å²) in [6, 6.07) is 9.81. The van der Waals surface area contributed by atoms with E-state index in [9.17, 15) is 0 Å². The molecule has 0 unspecified atom stereocenters. The quantitative estimate of drug-likeness (QED) is 0.663. The molecular weight excluding hydrogens is 234 g/mol. The third-order valence-corrected chi connectivity index (χ3v) is 5.32. The molecule has 56 valence electrons. The van der Waals surface area contributed by atoms with Gasteiger partial charge in [0, 0.05) is 0 Å². The van der Waals surface area contributed by atoms with Gasteiger partial charge in [0.15, 0.2) is 0 Å². The summed E-state index contributed by atoms with van der Waals surface area (Å²) in [7, 11) is 12.0. The summed E-state index contributed by atoms with van der Waals surface area (Å²) in [5.41, 5.74) is 0. The SMILES string of the molecule is C[Se](Cl)(Cl)c1ccccc1. The van der Waals surface area contributed by atoms with Crippen LogP contribution in [-0.2, 0) is 0 Å². The Hall–Kier alpha value is 0.319. The Balaban J connectivity index is 2.97. The second-order valence-electron chi connectivity index (χ2n) is 2.04. The van der Waals surface area contributed by atoms with Crippen molar-refractivity contribution in [2.24, 2.45) is 0 Å². The van der Waals surface area contributed by atoms with Gasteiger partial charge in [-0.3, -0.25) is 0 Å². The van der Waals surface area contributed by atoms with Crippen molar-refractivity contribution in [3.8, 4) is 0 Å². The van der Waals surface area contributed by atoms with Crippen molar-refractivity contribution < 1.29 is 0 Å².